The number of likely N-dealkylation sites (tertiary alicyclic amines) is 1. The average Bonchev–Trinajstić information content (AvgIpc) is 3.08. The van der Waals surface area contributed by atoms with Gasteiger partial charge in [0.05, 0.1) is 19.7 Å². The first-order valence-electron chi connectivity index (χ1n) is 10.0. The third-order valence-electron chi connectivity index (χ3n) is 6.25. The highest BCUT2D eigenvalue weighted by molar-refractivity contribution is 5.77. The highest BCUT2D eigenvalue weighted by atomic mass is 16.5. The van der Waals surface area contributed by atoms with Crippen LogP contribution >= 0.6 is 0 Å². The molecule has 26 heavy (non-hydrogen) atoms. The number of aryl methyl sites for hydroxylation is 1. The number of carbonyl (C=O) groups excluding carboxylic acids is 1. The van der Waals surface area contributed by atoms with E-state index < -0.39 is 0 Å². The summed E-state index contributed by atoms with van der Waals surface area (Å²) in [5.74, 6) is 0.290. The summed E-state index contributed by atoms with van der Waals surface area (Å²) in [7, 11) is 2.19. The summed E-state index contributed by atoms with van der Waals surface area (Å²) in [5, 5.41) is 0. The Morgan fingerprint density at radius 1 is 1.15 bits per heavy atom. The van der Waals surface area contributed by atoms with E-state index in [-0.39, 0.29) is 5.60 Å². The largest absolute Gasteiger partial charge is 0.370 e. The minimum absolute atomic E-state index is 0.0525. The van der Waals surface area contributed by atoms with Gasteiger partial charge in [0.25, 0.3) is 0 Å². The van der Waals surface area contributed by atoms with E-state index in [0.717, 1.165) is 65.1 Å². The summed E-state index contributed by atoms with van der Waals surface area (Å²) in [5.41, 5.74) is 1.26. The second-order valence-corrected chi connectivity index (χ2v) is 8.28. The molecule has 0 aliphatic carbocycles. The number of rotatable bonds is 5. The van der Waals surface area contributed by atoms with Gasteiger partial charge >= 0.3 is 0 Å². The number of hydrogen-bond acceptors (Lipinski definition) is 4. The average molecular weight is 357 g/mol. The topological polar surface area (TPSA) is 36.0 Å². The Bertz CT molecular complexity index is 607. The maximum absolute atomic E-state index is 12.4. The standard InChI is InChI=1S/C21H31N3O2/c1-22-10-12-23(13-11-22)19-14-21(26-15-19)16-24(17-21)20(25)9-5-8-18-6-3-2-4-7-18/h2-4,6-7,19H,5,8-17H2,1H3. The van der Waals surface area contributed by atoms with Crippen LogP contribution in [0.4, 0.5) is 0 Å². The molecule has 0 N–H and O–H groups in total. The maximum atomic E-state index is 12.4. The van der Waals surface area contributed by atoms with Crippen molar-refractivity contribution in [3.8, 4) is 0 Å². The number of nitrogens with zero attached hydrogens (tertiary/aromatic N) is 3. The van der Waals surface area contributed by atoms with E-state index in [1.807, 2.05) is 11.0 Å². The molecule has 3 saturated heterocycles. The molecule has 1 unspecified atom stereocenters. The molecule has 1 spiro atoms. The summed E-state index contributed by atoms with van der Waals surface area (Å²) in [6.07, 6.45) is 3.64. The van der Waals surface area contributed by atoms with E-state index >= 15 is 0 Å². The lowest BCUT2D eigenvalue weighted by Gasteiger charge is -2.47. The molecular weight excluding hydrogens is 326 g/mol. The first-order valence-corrected chi connectivity index (χ1v) is 10.0. The number of hydrogen-bond donors (Lipinski definition) is 0. The minimum Gasteiger partial charge on any atom is -0.370 e. The Hall–Kier alpha value is -1.43. The fourth-order valence-corrected chi connectivity index (χ4v) is 4.53. The molecule has 0 radical (unpaired) electrons. The SMILES string of the molecule is CN1CCN(C2COC3(C2)CN(C(=O)CCCc2ccccc2)C3)CC1. The van der Waals surface area contributed by atoms with Gasteiger partial charge in [-0.05, 0) is 31.9 Å². The van der Waals surface area contributed by atoms with Crippen LogP contribution in [0.2, 0.25) is 0 Å². The van der Waals surface area contributed by atoms with Gasteiger partial charge < -0.3 is 14.5 Å². The van der Waals surface area contributed by atoms with Crippen molar-refractivity contribution in [3.63, 3.8) is 0 Å². The summed E-state index contributed by atoms with van der Waals surface area (Å²) < 4.78 is 6.17. The fourth-order valence-electron chi connectivity index (χ4n) is 4.53. The quantitative estimate of drug-likeness (QED) is 0.802. The molecule has 3 aliphatic heterocycles. The Morgan fingerprint density at radius 2 is 1.88 bits per heavy atom. The van der Waals surface area contributed by atoms with Crippen molar-refractivity contribution in [2.45, 2.75) is 37.3 Å². The van der Waals surface area contributed by atoms with E-state index in [1.54, 1.807) is 0 Å². The monoisotopic (exact) mass is 357 g/mol. The van der Waals surface area contributed by atoms with Gasteiger partial charge in [0.2, 0.25) is 5.91 Å². The van der Waals surface area contributed by atoms with Gasteiger partial charge in [-0.2, -0.15) is 0 Å². The van der Waals surface area contributed by atoms with Crippen molar-refractivity contribution in [1.29, 1.82) is 0 Å². The Morgan fingerprint density at radius 3 is 2.62 bits per heavy atom. The molecule has 0 aromatic heterocycles. The molecular formula is C21H31N3O2. The van der Waals surface area contributed by atoms with Crippen LogP contribution in [-0.4, -0.2) is 85.2 Å². The summed E-state index contributed by atoms with van der Waals surface area (Å²) in [4.78, 5) is 19.4. The molecule has 1 aromatic rings. The van der Waals surface area contributed by atoms with Crippen LogP contribution in [-0.2, 0) is 16.0 Å². The minimum atomic E-state index is -0.0525. The maximum Gasteiger partial charge on any atom is 0.222 e. The zero-order chi connectivity index (χ0) is 18.0. The van der Waals surface area contributed by atoms with Crippen LogP contribution in [0.25, 0.3) is 0 Å². The number of piperazine rings is 1. The Kier molecular flexibility index (Phi) is 5.30. The molecule has 0 saturated carbocycles. The molecule has 3 fully saturated rings. The molecule has 5 heteroatoms. The molecule has 142 valence electrons. The predicted octanol–water partition coefficient (Wildman–Crippen LogP) is 1.63. The molecule has 3 heterocycles. The summed E-state index contributed by atoms with van der Waals surface area (Å²) >= 11 is 0. The van der Waals surface area contributed by atoms with Crippen molar-refractivity contribution in [2.75, 3.05) is 52.9 Å². The third-order valence-corrected chi connectivity index (χ3v) is 6.25. The second kappa shape index (κ2) is 7.67. The lowest BCUT2D eigenvalue weighted by molar-refractivity contribution is -0.157. The second-order valence-electron chi connectivity index (χ2n) is 8.28. The van der Waals surface area contributed by atoms with E-state index in [0.29, 0.717) is 18.4 Å². The van der Waals surface area contributed by atoms with E-state index in [2.05, 4.69) is 41.1 Å². The van der Waals surface area contributed by atoms with Gasteiger partial charge in [-0.3, -0.25) is 9.69 Å². The molecule has 0 bridgehead atoms. The summed E-state index contributed by atoms with van der Waals surface area (Å²) in [6.45, 7) is 7.00. The molecule has 5 nitrogen and oxygen atoms in total. The number of amides is 1. The van der Waals surface area contributed by atoms with E-state index in [9.17, 15) is 4.79 Å². The molecule has 1 atom stereocenters. The van der Waals surface area contributed by atoms with Crippen LogP contribution < -0.4 is 0 Å². The van der Waals surface area contributed by atoms with Crippen molar-refractivity contribution in [3.05, 3.63) is 35.9 Å². The zero-order valence-corrected chi connectivity index (χ0v) is 15.9. The van der Waals surface area contributed by atoms with Crippen LogP contribution in [0.5, 0.6) is 0 Å². The predicted molar refractivity (Wildman–Crippen MR) is 102 cm³/mol. The molecule has 3 aliphatic rings. The number of likely N-dealkylation sites (N-methyl/N-ethyl adjacent to an activating group) is 1. The molecule has 1 amide bonds. The van der Waals surface area contributed by atoms with Crippen LogP contribution in [0.1, 0.15) is 24.8 Å². The van der Waals surface area contributed by atoms with E-state index in [4.69, 9.17) is 4.74 Å². The van der Waals surface area contributed by atoms with Gasteiger partial charge in [0.15, 0.2) is 0 Å². The van der Waals surface area contributed by atoms with Gasteiger partial charge in [0.1, 0.15) is 5.60 Å². The van der Waals surface area contributed by atoms with Crippen LogP contribution in [0.15, 0.2) is 30.3 Å². The van der Waals surface area contributed by atoms with Crippen molar-refractivity contribution >= 4 is 5.91 Å². The van der Waals surface area contributed by atoms with Gasteiger partial charge in [-0.15, -0.1) is 0 Å². The lowest BCUT2D eigenvalue weighted by atomic mass is 9.88. The van der Waals surface area contributed by atoms with E-state index in [1.165, 1.54) is 5.56 Å². The van der Waals surface area contributed by atoms with Gasteiger partial charge in [0, 0.05) is 38.6 Å². The van der Waals surface area contributed by atoms with Gasteiger partial charge in [-0.1, -0.05) is 30.3 Å². The first-order chi connectivity index (χ1) is 12.6. The van der Waals surface area contributed by atoms with Crippen LogP contribution in [0, 0.1) is 0 Å². The number of ether oxygens (including phenoxy) is 1. The van der Waals surface area contributed by atoms with Crippen molar-refractivity contribution in [1.82, 2.24) is 14.7 Å². The Labute approximate surface area is 156 Å². The lowest BCUT2D eigenvalue weighted by Crippen LogP contribution is -2.63. The Balaban J connectivity index is 1.18. The number of benzene rings is 1. The zero-order valence-electron chi connectivity index (χ0n) is 15.9. The molecule has 4 rings (SSSR count). The third kappa shape index (κ3) is 3.95. The van der Waals surface area contributed by atoms with Crippen LogP contribution in [0.3, 0.4) is 0 Å². The number of carbonyl (C=O) groups is 1. The highest BCUT2D eigenvalue weighted by Crippen LogP contribution is 2.37. The van der Waals surface area contributed by atoms with Crippen molar-refractivity contribution < 1.29 is 9.53 Å². The molecule has 1 aromatic carbocycles. The first kappa shape index (κ1) is 18.0. The highest BCUT2D eigenvalue weighted by Gasteiger charge is 2.52. The van der Waals surface area contributed by atoms with Crippen molar-refractivity contribution in [2.24, 2.45) is 0 Å². The fraction of sp³-hybridized carbons (Fsp3) is 0.667. The smallest absolute Gasteiger partial charge is 0.222 e. The normalized spacial score (nSPS) is 26.2. The summed E-state index contributed by atoms with van der Waals surface area (Å²) in [6, 6.07) is 11.0. The van der Waals surface area contributed by atoms with Gasteiger partial charge in [-0.25, -0.2) is 0 Å².